The zero-order valence-electron chi connectivity index (χ0n) is 10.6. The average Bonchev–Trinajstić information content (AvgIpc) is 2.42. The Bertz CT molecular complexity index is 661. The van der Waals surface area contributed by atoms with Gasteiger partial charge in [0.25, 0.3) is 0 Å². The number of benzene rings is 1. The predicted molar refractivity (Wildman–Crippen MR) is 71.8 cm³/mol. The van der Waals surface area contributed by atoms with Crippen molar-refractivity contribution in [2.24, 2.45) is 0 Å². The summed E-state index contributed by atoms with van der Waals surface area (Å²) >= 11 is 0. The van der Waals surface area contributed by atoms with E-state index in [1.54, 1.807) is 0 Å². The SMILES string of the molecule is COc1cc(F)ccc1Nc1nc(C(=O)O)ccc1N. The van der Waals surface area contributed by atoms with Crippen LogP contribution in [-0.4, -0.2) is 23.2 Å². The molecule has 0 spiro atoms. The van der Waals surface area contributed by atoms with E-state index in [9.17, 15) is 9.18 Å². The summed E-state index contributed by atoms with van der Waals surface area (Å²) in [6, 6.07) is 6.60. The highest BCUT2D eigenvalue weighted by atomic mass is 19.1. The van der Waals surface area contributed by atoms with Crippen LogP contribution in [0.2, 0.25) is 0 Å². The molecule has 2 rings (SSSR count). The third-order valence-electron chi connectivity index (χ3n) is 2.56. The summed E-state index contributed by atoms with van der Waals surface area (Å²) in [4.78, 5) is 14.8. The van der Waals surface area contributed by atoms with Gasteiger partial charge in [-0.05, 0) is 24.3 Å². The summed E-state index contributed by atoms with van der Waals surface area (Å²) < 4.78 is 18.1. The molecule has 0 unspecified atom stereocenters. The molecule has 0 amide bonds. The topological polar surface area (TPSA) is 97.5 Å². The molecule has 0 aliphatic rings. The number of anilines is 3. The van der Waals surface area contributed by atoms with Crippen molar-refractivity contribution in [2.45, 2.75) is 0 Å². The number of hydrogen-bond donors (Lipinski definition) is 3. The molecule has 0 aliphatic carbocycles. The maximum absolute atomic E-state index is 13.1. The molecule has 0 aliphatic heterocycles. The Morgan fingerprint density at radius 2 is 2.15 bits per heavy atom. The summed E-state index contributed by atoms with van der Waals surface area (Å²) in [5, 5.41) is 11.7. The largest absolute Gasteiger partial charge is 0.494 e. The maximum Gasteiger partial charge on any atom is 0.354 e. The molecular weight excluding hydrogens is 265 g/mol. The van der Waals surface area contributed by atoms with Gasteiger partial charge in [-0.3, -0.25) is 0 Å². The first-order chi connectivity index (χ1) is 9.51. The summed E-state index contributed by atoms with van der Waals surface area (Å²) in [7, 11) is 1.39. The Morgan fingerprint density at radius 1 is 1.40 bits per heavy atom. The van der Waals surface area contributed by atoms with E-state index in [0.29, 0.717) is 5.69 Å². The molecule has 0 bridgehead atoms. The Hall–Kier alpha value is -2.83. The molecule has 0 atom stereocenters. The molecule has 1 aromatic heterocycles. The second kappa shape index (κ2) is 5.43. The predicted octanol–water partition coefficient (Wildman–Crippen LogP) is 2.25. The molecule has 2 aromatic rings. The van der Waals surface area contributed by atoms with Gasteiger partial charge in [0.05, 0.1) is 18.5 Å². The fourth-order valence-electron chi connectivity index (χ4n) is 1.59. The van der Waals surface area contributed by atoms with Gasteiger partial charge in [-0.15, -0.1) is 0 Å². The number of aromatic carboxylic acids is 1. The molecule has 0 saturated heterocycles. The first-order valence-corrected chi connectivity index (χ1v) is 5.61. The number of ether oxygens (including phenoxy) is 1. The summed E-state index contributed by atoms with van der Waals surface area (Å²) in [5.41, 5.74) is 6.27. The molecular formula is C13H12FN3O3. The second-order valence-electron chi connectivity index (χ2n) is 3.91. The summed E-state index contributed by atoms with van der Waals surface area (Å²) in [6.45, 7) is 0. The van der Waals surface area contributed by atoms with Crippen LogP contribution >= 0.6 is 0 Å². The van der Waals surface area contributed by atoms with E-state index in [4.69, 9.17) is 15.6 Å². The van der Waals surface area contributed by atoms with Crippen molar-refractivity contribution < 1.29 is 19.0 Å². The quantitative estimate of drug-likeness (QED) is 0.793. The summed E-state index contributed by atoms with van der Waals surface area (Å²) in [6.07, 6.45) is 0. The molecule has 20 heavy (non-hydrogen) atoms. The van der Waals surface area contributed by atoms with Crippen molar-refractivity contribution in [2.75, 3.05) is 18.2 Å². The van der Waals surface area contributed by atoms with Crippen LogP contribution in [0, 0.1) is 5.82 Å². The lowest BCUT2D eigenvalue weighted by Gasteiger charge is -2.12. The summed E-state index contributed by atoms with van der Waals surface area (Å²) in [5.74, 6) is -1.20. The van der Waals surface area contributed by atoms with Gasteiger partial charge in [0.2, 0.25) is 0 Å². The lowest BCUT2D eigenvalue weighted by Crippen LogP contribution is -2.06. The molecule has 6 nitrogen and oxygen atoms in total. The number of aromatic nitrogens is 1. The van der Waals surface area contributed by atoms with Gasteiger partial charge in [0.15, 0.2) is 11.5 Å². The van der Waals surface area contributed by atoms with E-state index >= 15 is 0 Å². The fraction of sp³-hybridized carbons (Fsp3) is 0.0769. The van der Waals surface area contributed by atoms with E-state index < -0.39 is 11.8 Å². The minimum absolute atomic E-state index is 0.150. The molecule has 0 radical (unpaired) electrons. The van der Waals surface area contributed by atoms with Gasteiger partial charge in [0.1, 0.15) is 11.6 Å². The number of nitrogen functional groups attached to an aromatic ring is 1. The number of nitrogens with two attached hydrogens (primary N) is 1. The Balaban J connectivity index is 2.39. The second-order valence-corrected chi connectivity index (χ2v) is 3.91. The van der Waals surface area contributed by atoms with Crippen LogP contribution in [0.5, 0.6) is 5.75 Å². The number of carboxylic acid groups (broad SMARTS) is 1. The van der Waals surface area contributed by atoms with Crippen LogP contribution in [0.4, 0.5) is 21.6 Å². The zero-order valence-corrected chi connectivity index (χ0v) is 10.6. The molecule has 1 aromatic carbocycles. The molecule has 1 heterocycles. The van der Waals surface area contributed by atoms with Crippen molar-refractivity contribution in [1.29, 1.82) is 0 Å². The molecule has 7 heteroatoms. The smallest absolute Gasteiger partial charge is 0.354 e. The standard InChI is InChI=1S/C13H12FN3O3/c1-20-11-6-7(14)2-4-9(11)16-12-8(15)3-5-10(17-12)13(18)19/h2-6H,15H2,1H3,(H,16,17)(H,18,19). The minimum atomic E-state index is -1.17. The Morgan fingerprint density at radius 3 is 2.80 bits per heavy atom. The van der Waals surface area contributed by atoms with Crippen molar-refractivity contribution in [1.82, 2.24) is 4.98 Å². The number of rotatable bonds is 4. The third-order valence-corrected chi connectivity index (χ3v) is 2.56. The van der Waals surface area contributed by atoms with Crippen LogP contribution < -0.4 is 15.8 Å². The number of carboxylic acids is 1. The lowest BCUT2D eigenvalue weighted by atomic mass is 10.2. The first-order valence-electron chi connectivity index (χ1n) is 5.61. The van der Waals surface area contributed by atoms with E-state index in [1.807, 2.05) is 0 Å². The Labute approximate surface area is 114 Å². The van der Waals surface area contributed by atoms with Gasteiger partial charge >= 0.3 is 5.97 Å². The van der Waals surface area contributed by atoms with Gasteiger partial charge in [-0.25, -0.2) is 14.2 Å². The van der Waals surface area contributed by atoms with Crippen molar-refractivity contribution in [3.63, 3.8) is 0 Å². The first kappa shape index (κ1) is 13.6. The van der Waals surface area contributed by atoms with Crippen LogP contribution in [-0.2, 0) is 0 Å². The number of nitrogens with zero attached hydrogens (tertiary/aromatic N) is 1. The maximum atomic E-state index is 13.1. The highest BCUT2D eigenvalue weighted by Gasteiger charge is 2.11. The van der Waals surface area contributed by atoms with Crippen LogP contribution in [0.15, 0.2) is 30.3 Å². The third kappa shape index (κ3) is 2.77. The zero-order chi connectivity index (χ0) is 14.7. The lowest BCUT2D eigenvalue weighted by molar-refractivity contribution is 0.0690. The van der Waals surface area contributed by atoms with Crippen molar-refractivity contribution in [3.05, 3.63) is 41.8 Å². The monoisotopic (exact) mass is 277 g/mol. The van der Waals surface area contributed by atoms with Crippen molar-refractivity contribution in [3.8, 4) is 5.75 Å². The number of halogens is 1. The number of methoxy groups -OCH3 is 1. The van der Waals surface area contributed by atoms with Gasteiger partial charge in [-0.2, -0.15) is 0 Å². The minimum Gasteiger partial charge on any atom is -0.494 e. The van der Waals surface area contributed by atoms with E-state index in [-0.39, 0.29) is 22.9 Å². The van der Waals surface area contributed by atoms with E-state index in [2.05, 4.69) is 10.3 Å². The van der Waals surface area contributed by atoms with Gasteiger partial charge in [0, 0.05) is 6.07 Å². The normalized spacial score (nSPS) is 10.1. The number of carbonyl (C=O) groups is 1. The average molecular weight is 277 g/mol. The molecule has 0 saturated carbocycles. The molecule has 104 valence electrons. The Kier molecular flexibility index (Phi) is 3.69. The molecule has 0 fully saturated rings. The number of pyridine rings is 1. The van der Waals surface area contributed by atoms with E-state index in [1.165, 1.54) is 37.4 Å². The van der Waals surface area contributed by atoms with Crippen LogP contribution in [0.1, 0.15) is 10.5 Å². The van der Waals surface area contributed by atoms with Gasteiger partial charge in [-0.1, -0.05) is 0 Å². The highest BCUT2D eigenvalue weighted by Crippen LogP contribution is 2.29. The number of nitrogens with one attached hydrogen (secondary N) is 1. The number of hydrogen-bond acceptors (Lipinski definition) is 5. The highest BCUT2D eigenvalue weighted by molar-refractivity contribution is 5.87. The molecule has 4 N–H and O–H groups in total. The van der Waals surface area contributed by atoms with Crippen LogP contribution in [0.25, 0.3) is 0 Å². The van der Waals surface area contributed by atoms with Gasteiger partial charge < -0.3 is 20.9 Å². The van der Waals surface area contributed by atoms with E-state index in [0.717, 1.165) is 0 Å². The van der Waals surface area contributed by atoms with Crippen molar-refractivity contribution >= 4 is 23.2 Å². The fourth-order valence-corrected chi connectivity index (χ4v) is 1.59. The van der Waals surface area contributed by atoms with Crippen LogP contribution in [0.3, 0.4) is 0 Å².